The lowest BCUT2D eigenvalue weighted by molar-refractivity contribution is 0.202. The minimum atomic E-state index is -3.74. The van der Waals surface area contributed by atoms with Gasteiger partial charge in [0.05, 0.1) is 4.90 Å². The molecule has 0 saturated heterocycles. The smallest absolute Gasteiger partial charge is 0.298 e. The fourth-order valence-electron chi connectivity index (χ4n) is 1.57. The molecule has 2 N–H and O–H groups in total. The summed E-state index contributed by atoms with van der Waals surface area (Å²) in [6, 6.07) is 6.53. The highest BCUT2D eigenvalue weighted by Crippen LogP contribution is 2.15. The highest BCUT2D eigenvalue weighted by atomic mass is 32.2. The first-order chi connectivity index (χ1) is 8.45. The van der Waals surface area contributed by atoms with E-state index in [9.17, 15) is 8.42 Å². The Labute approximate surface area is 109 Å². The van der Waals surface area contributed by atoms with Crippen LogP contribution in [-0.4, -0.2) is 14.6 Å². The summed E-state index contributed by atoms with van der Waals surface area (Å²) in [5.74, 6) is 0. The minimum Gasteiger partial charge on any atom is -0.305 e. The number of benzene rings is 1. The van der Waals surface area contributed by atoms with Gasteiger partial charge in [-0.25, -0.2) is 4.18 Å². The van der Waals surface area contributed by atoms with Crippen LogP contribution in [0.4, 0.5) is 0 Å². The van der Waals surface area contributed by atoms with Crippen LogP contribution in [0.15, 0.2) is 29.2 Å². The molecule has 0 aliphatic carbocycles. The predicted molar refractivity (Wildman–Crippen MR) is 71.6 cm³/mol. The van der Waals surface area contributed by atoms with Crippen molar-refractivity contribution in [1.29, 1.82) is 0 Å². The molecule has 0 bridgehead atoms. The van der Waals surface area contributed by atoms with Crippen molar-refractivity contribution in [3.05, 3.63) is 29.8 Å². The molecule has 102 valence electrons. The van der Waals surface area contributed by atoms with Crippen molar-refractivity contribution in [2.45, 2.75) is 50.7 Å². The molecule has 1 aromatic carbocycles. The summed E-state index contributed by atoms with van der Waals surface area (Å²) in [5, 5.41) is 0. The first kappa shape index (κ1) is 15.1. The SMILES string of the molecule is CCCCCC(N)OS(=O)(=O)c1ccc(C)cc1. The molecule has 1 rings (SSSR count). The molecule has 0 heterocycles. The second kappa shape index (κ2) is 6.87. The number of hydrogen-bond donors (Lipinski definition) is 1. The molecule has 0 aliphatic heterocycles. The molecule has 5 heteroatoms. The molecular weight excluding hydrogens is 250 g/mol. The summed E-state index contributed by atoms with van der Waals surface area (Å²) in [7, 11) is -3.74. The summed E-state index contributed by atoms with van der Waals surface area (Å²) in [6.07, 6.45) is 2.77. The Morgan fingerprint density at radius 2 is 1.83 bits per heavy atom. The number of rotatable bonds is 7. The van der Waals surface area contributed by atoms with Crippen LogP contribution in [0.1, 0.15) is 38.2 Å². The van der Waals surface area contributed by atoms with Gasteiger partial charge in [0, 0.05) is 0 Å². The molecule has 0 fully saturated rings. The number of hydrogen-bond acceptors (Lipinski definition) is 4. The van der Waals surface area contributed by atoms with Gasteiger partial charge in [0.15, 0.2) is 0 Å². The van der Waals surface area contributed by atoms with E-state index in [1.54, 1.807) is 12.1 Å². The molecule has 0 spiro atoms. The molecule has 4 nitrogen and oxygen atoms in total. The standard InChI is InChI=1S/C13H21NO3S/c1-3-4-5-6-13(14)17-18(15,16)12-9-7-11(2)8-10-12/h7-10,13H,3-6,14H2,1-2H3. The zero-order valence-electron chi connectivity index (χ0n) is 10.9. The minimum absolute atomic E-state index is 0.152. The van der Waals surface area contributed by atoms with E-state index in [4.69, 9.17) is 9.92 Å². The number of unbranched alkanes of at least 4 members (excludes halogenated alkanes) is 2. The second-order valence-corrected chi connectivity index (χ2v) is 5.97. The quantitative estimate of drug-likeness (QED) is 0.470. The summed E-state index contributed by atoms with van der Waals surface area (Å²) < 4.78 is 28.7. The van der Waals surface area contributed by atoms with Gasteiger partial charge in [0.2, 0.25) is 0 Å². The van der Waals surface area contributed by atoms with Gasteiger partial charge in [-0.3, -0.25) is 0 Å². The Bertz CT molecular complexity index is 454. The molecule has 0 aromatic heterocycles. The van der Waals surface area contributed by atoms with Gasteiger partial charge in [0.1, 0.15) is 6.23 Å². The normalized spacial score (nSPS) is 13.5. The maximum absolute atomic E-state index is 11.9. The van der Waals surface area contributed by atoms with Crippen molar-refractivity contribution in [2.24, 2.45) is 5.73 Å². The Morgan fingerprint density at radius 1 is 1.22 bits per heavy atom. The first-order valence-electron chi connectivity index (χ1n) is 6.21. The van der Waals surface area contributed by atoms with E-state index in [1.165, 1.54) is 12.1 Å². The Morgan fingerprint density at radius 3 is 2.39 bits per heavy atom. The van der Waals surface area contributed by atoms with Crippen LogP contribution in [0, 0.1) is 6.92 Å². The van der Waals surface area contributed by atoms with Crippen LogP contribution < -0.4 is 5.73 Å². The topological polar surface area (TPSA) is 69.4 Å². The van der Waals surface area contributed by atoms with Gasteiger partial charge >= 0.3 is 0 Å². The van der Waals surface area contributed by atoms with E-state index < -0.39 is 16.3 Å². The number of aryl methyl sites for hydroxylation is 1. The molecule has 0 aliphatic rings. The van der Waals surface area contributed by atoms with Crippen molar-refractivity contribution in [1.82, 2.24) is 0 Å². The van der Waals surface area contributed by atoms with Crippen molar-refractivity contribution >= 4 is 10.1 Å². The average molecular weight is 271 g/mol. The maximum Gasteiger partial charge on any atom is 0.298 e. The van der Waals surface area contributed by atoms with E-state index in [-0.39, 0.29) is 4.90 Å². The average Bonchev–Trinajstić information content (AvgIpc) is 2.29. The fourth-order valence-corrected chi connectivity index (χ4v) is 2.57. The van der Waals surface area contributed by atoms with Gasteiger partial charge in [-0.05, 0) is 31.9 Å². The first-order valence-corrected chi connectivity index (χ1v) is 7.62. The molecule has 1 atom stereocenters. The third-order valence-corrected chi connectivity index (χ3v) is 4.00. The van der Waals surface area contributed by atoms with Crippen molar-refractivity contribution in [3.63, 3.8) is 0 Å². The lowest BCUT2D eigenvalue weighted by Gasteiger charge is -2.12. The van der Waals surface area contributed by atoms with Crippen LogP contribution in [0.25, 0.3) is 0 Å². The van der Waals surface area contributed by atoms with Gasteiger partial charge in [-0.15, -0.1) is 0 Å². The van der Waals surface area contributed by atoms with Gasteiger partial charge in [-0.2, -0.15) is 8.42 Å². The van der Waals surface area contributed by atoms with E-state index >= 15 is 0 Å². The van der Waals surface area contributed by atoms with Crippen LogP contribution in [0.3, 0.4) is 0 Å². The Kier molecular flexibility index (Phi) is 5.78. The summed E-state index contributed by atoms with van der Waals surface area (Å²) in [6.45, 7) is 3.98. The van der Waals surface area contributed by atoms with Crippen LogP contribution >= 0.6 is 0 Å². The van der Waals surface area contributed by atoms with Gasteiger partial charge in [0.25, 0.3) is 10.1 Å². The largest absolute Gasteiger partial charge is 0.305 e. The zero-order chi connectivity index (χ0) is 13.6. The fraction of sp³-hybridized carbons (Fsp3) is 0.538. The zero-order valence-corrected chi connectivity index (χ0v) is 11.7. The summed E-state index contributed by atoms with van der Waals surface area (Å²) >= 11 is 0. The predicted octanol–water partition coefficient (Wildman–Crippen LogP) is 2.57. The highest BCUT2D eigenvalue weighted by molar-refractivity contribution is 7.86. The van der Waals surface area contributed by atoms with E-state index in [2.05, 4.69) is 6.92 Å². The van der Waals surface area contributed by atoms with Crippen LogP contribution in [0.2, 0.25) is 0 Å². The second-order valence-electron chi connectivity index (χ2n) is 4.40. The van der Waals surface area contributed by atoms with Crippen molar-refractivity contribution in [2.75, 3.05) is 0 Å². The van der Waals surface area contributed by atoms with Crippen LogP contribution in [-0.2, 0) is 14.3 Å². The molecular formula is C13H21NO3S. The lowest BCUT2D eigenvalue weighted by atomic mass is 10.2. The van der Waals surface area contributed by atoms with Gasteiger partial charge < -0.3 is 5.73 Å². The van der Waals surface area contributed by atoms with E-state index in [0.29, 0.717) is 6.42 Å². The molecule has 0 saturated carbocycles. The molecule has 18 heavy (non-hydrogen) atoms. The molecule has 1 unspecified atom stereocenters. The number of nitrogens with two attached hydrogens (primary N) is 1. The lowest BCUT2D eigenvalue weighted by Crippen LogP contribution is -2.27. The highest BCUT2D eigenvalue weighted by Gasteiger charge is 2.18. The Hall–Kier alpha value is -0.910. The maximum atomic E-state index is 11.9. The van der Waals surface area contributed by atoms with Crippen LogP contribution in [0.5, 0.6) is 0 Å². The monoisotopic (exact) mass is 271 g/mol. The summed E-state index contributed by atoms with van der Waals surface area (Å²) in [4.78, 5) is 0.152. The Balaban J connectivity index is 2.61. The molecule has 1 aromatic rings. The molecule has 0 amide bonds. The van der Waals surface area contributed by atoms with Crippen molar-refractivity contribution in [3.8, 4) is 0 Å². The van der Waals surface area contributed by atoms with E-state index in [1.807, 2.05) is 6.92 Å². The third kappa shape index (κ3) is 4.76. The van der Waals surface area contributed by atoms with Gasteiger partial charge in [-0.1, -0.05) is 37.5 Å². The third-order valence-electron chi connectivity index (χ3n) is 2.65. The van der Waals surface area contributed by atoms with Crippen molar-refractivity contribution < 1.29 is 12.6 Å². The van der Waals surface area contributed by atoms with E-state index in [0.717, 1.165) is 24.8 Å². The molecule has 0 radical (unpaired) electrons. The summed E-state index contributed by atoms with van der Waals surface area (Å²) in [5.41, 5.74) is 6.67.